The summed E-state index contributed by atoms with van der Waals surface area (Å²) in [6, 6.07) is 30.7. The van der Waals surface area contributed by atoms with E-state index in [1.807, 2.05) is 91.8 Å². The highest BCUT2D eigenvalue weighted by molar-refractivity contribution is 6.11. The Labute approximate surface area is 344 Å². The molecule has 7 nitrogen and oxygen atoms in total. The molecular formula is C51H59N5O2. The van der Waals surface area contributed by atoms with Crippen molar-refractivity contribution in [2.75, 3.05) is 51.7 Å². The molecule has 2 N–H and O–H groups in total. The molecule has 0 amide bonds. The number of Topliss-reactive ketones (excluding diaryl/α,β-unsaturated/α-hetero) is 1. The fourth-order valence-corrected chi connectivity index (χ4v) is 8.26. The molecular weight excluding hydrogens is 715 g/mol. The van der Waals surface area contributed by atoms with Crippen molar-refractivity contribution in [1.29, 1.82) is 0 Å². The number of aromatic amines is 2. The molecule has 0 spiro atoms. The van der Waals surface area contributed by atoms with Crippen LogP contribution in [0.1, 0.15) is 89.9 Å². The van der Waals surface area contributed by atoms with Gasteiger partial charge in [-0.05, 0) is 104 Å². The van der Waals surface area contributed by atoms with E-state index in [1.165, 1.54) is 33.2 Å². The molecule has 2 aliphatic heterocycles. The third-order valence-corrected chi connectivity index (χ3v) is 11.6. The Hall–Kier alpha value is -5.50. The first-order valence-corrected chi connectivity index (χ1v) is 21.0. The Morgan fingerprint density at radius 1 is 0.690 bits per heavy atom. The smallest absolute Gasteiger partial charge is 0.193 e. The van der Waals surface area contributed by atoms with Crippen LogP contribution in [0.25, 0.3) is 33.0 Å². The third-order valence-electron chi connectivity index (χ3n) is 11.6. The van der Waals surface area contributed by atoms with E-state index in [0.717, 1.165) is 90.8 Å². The summed E-state index contributed by atoms with van der Waals surface area (Å²) in [5.41, 5.74) is 11.9. The van der Waals surface area contributed by atoms with Crippen LogP contribution in [0.3, 0.4) is 0 Å². The van der Waals surface area contributed by atoms with Crippen molar-refractivity contribution in [1.82, 2.24) is 19.8 Å². The summed E-state index contributed by atoms with van der Waals surface area (Å²) in [5.74, 6) is 0.970. The molecule has 8 rings (SSSR count). The number of H-pyrrole nitrogens is 2. The summed E-state index contributed by atoms with van der Waals surface area (Å²) in [5, 5.41) is 2.29. The number of nitrogens with zero attached hydrogens (tertiary/aromatic N) is 3. The molecule has 0 bridgehead atoms. The Morgan fingerprint density at radius 2 is 1.31 bits per heavy atom. The van der Waals surface area contributed by atoms with Gasteiger partial charge in [0, 0.05) is 127 Å². The second-order valence-electron chi connectivity index (χ2n) is 16.8. The van der Waals surface area contributed by atoms with E-state index < -0.39 is 0 Å². The Morgan fingerprint density at radius 3 is 1.90 bits per heavy atom. The molecule has 2 aromatic heterocycles. The topological polar surface area (TPSA) is 75.4 Å². The number of carbonyl (C=O) groups excluding carboxylic acids is 2. The van der Waals surface area contributed by atoms with Crippen molar-refractivity contribution in [2.45, 2.75) is 59.4 Å². The quantitative estimate of drug-likeness (QED) is 0.121. The summed E-state index contributed by atoms with van der Waals surface area (Å²) in [7, 11) is 3.97. The predicted octanol–water partition coefficient (Wildman–Crippen LogP) is 10.7. The van der Waals surface area contributed by atoms with Crippen LogP contribution in [-0.4, -0.2) is 84.2 Å². The number of rotatable bonds is 12. The normalized spacial score (nSPS) is 15.0. The Bertz CT molecular complexity index is 2430. The summed E-state index contributed by atoms with van der Waals surface area (Å²) in [6.07, 6.45) is 12.3. The van der Waals surface area contributed by atoms with Gasteiger partial charge in [0.25, 0.3) is 0 Å². The molecule has 58 heavy (non-hydrogen) atoms. The molecule has 0 atom stereocenters. The molecule has 0 aliphatic carbocycles. The van der Waals surface area contributed by atoms with Crippen molar-refractivity contribution >= 4 is 50.2 Å². The van der Waals surface area contributed by atoms with E-state index in [9.17, 15) is 9.59 Å². The minimum atomic E-state index is 0.0614. The zero-order chi connectivity index (χ0) is 40.8. The number of aryl methyl sites for hydroxylation is 1. The molecule has 0 saturated heterocycles. The largest absolute Gasteiger partial charge is 0.378 e. The Kier molecular flexibility index (Phi) is 12.9. The van der Waals surface area contributed by atoms with Gasteiger partial charge in [0.15, 0.2) is 11.6 Å². The number of nitrogens with one attached hydrogen (secondary N) is 2. The molecule has 0 radical (unpaired) electrons. The SMILES string of the molecule is CC(C)CN1CC=C(c2c[nH]c3ccc(C(=O)CCc4ccccc4)cc23)CC1.CC(C)N1CC=C(c2c[nH]c3ccc(C(=O)c4cccc(N(C)C)c4)cc23)CC1. The van der Waals surface area contributed by atoms with Gasteiger partial charge in [0.05, 0.1) is 0 Å². The monoisotopic (exact) mass is 773 g/mol. The number of hydrogen-bond acceptors (Lipinski definition) is 5. The summed E-state index contributed by atoms with van der Waals surface area (Å²) in [4.78, 5) is 39.7. The van der Waals surface area contributed by atoms with Gasteiger partial charge in [-0.3, -0.25) is 19.4 Å². The Balaban J connectivity index is 0.000000177. The fraction of sp³-hybridized carbons (Fsp3) is 0.333. The van der Waals surface area contributed by atoms with E-state index in [0.29, 0.717) is 18.4 Å². The zero-order valence-electron chi connectivity index (χ0n) is 35.1. The standard InChI is InChI=1S/C26H30N2O.C25H29N3O/c1-19(2)18-28-14-12-21(13-15-28)24-17-27-25-10-9-22(16-23(24)25)26(29)11-8-20-6-4-3-5-7-20;1-17(2)28-12-10-18(11-13-28)23-16-26-24-9-8-20(15-22(23)24)25(29)19-6-5-7-21(14-19)27(3)4/h3-7,9-10,12,16-17,19,27H,8,11,13-15,18H2,1-2H3;5-10,14-17,26H,11-13H2,1-4H3. The van der Waals surface area contributed by atoms with Crippen molar-refractivity contribution in [2.24, 2.45) is 5.92 Å². The summed E-state index contributed by atoms with van der Waals surface area (Å²) >= 11 is 0. The minimum absolute atomic E-state index is 0.0614. The van der Waals surface area contributed by atoms with Gasteiger partial charge in [-0.15, -0.1) is 0 Å². The first kappa shape index (κ1) is 40.7. The van der Waals surface area contributed by atoms with E-state index in [1.54, 1.807) is 0 Å². The van der Waals surface area contributed by atoms with Crippen LogP contribution < -0.4 is 4.90 Å². The highest BCUT2D eigenvalue weighted by Crippen LogP contribution is 2.32. The van der Waals surface area contributed by atoms with E-state index in [2.05, 4.69) is 90.2 Å². The third kappa shape index (κ3) is 9.61. The maximum Gasteiger partial charge on any atom is 0.193 e. The van der Waals surface area contributed by atoms with Gasteiger partial charge in [-0.25, -0.2) is 0 Å². The van der Waals surface area contributed by atoms with Crippen molar-refractivity contribution in [3.8, 4) is 0 Å². The summed E-state index contributed by atoms with van der Waals surface area (Å²) < 4.78 is 0. The maximum absolute atomic E-state index is 13.1. The van der Waals surface area contributed by atoms with Crippen LogP contribution >= 0.6 is 0 Å². The number of ketones is 2. The lowest BCUT2D eigenvalue weighted by atomic mass is 9.96. The lowest BCUT2D eigenvalue weighted by molar-refractivity contribution is 0.0982. The number of fused-ring (bicyclic) bond motifs is 2. The van der Waals surface area contributed by atoms with Gasteiger partial charge >= 0.3 is 0 Å². The van der Waals surface area contributed by atoms with Gasteiger partial charge < -0.3 is 14.9 Å². The molecule has 2 aliphatic rings. The average Bonchev–Trinajstić information content (AvgIpc) is 3.87. The van der Waals surface area contributed by atoms with Crippen molar-refractivity contribution < 1.29 is 9.59 Å². The predicted molar refractivity (Wildman–Crippen MR) is 243 cm³/mol. The van der Waals surface area contributed by atoms with Crippen molar-refractivity contribution in [3.63, 3.8) is 0 Å². The molecule has 0 fully saturated rings. The van der Waals surface area contributed by atoms with Gasteiger partial charge in [0.2, 0.25) is 0 Å². The molecule has 7 heteroatoms. The molecule has 4 heterocycles. The van der Waals surface area contributed by atoms with Crippen molar-refractivity contribution in [3.05, 3.63) is 149 Å². The van der Waals surface area contributed by atoms with Gasteiger partial charge in [-0.1, -0.05) is 68.5 Å². The molecule has 300 valence electrons. The molecule has 0 unspecified atom stereocenters. The molecule has 4 aromatic carbocycles. The second-order valence-corrected chi connectivity index (χ2v) is 16.8. The number of hydrogen-bond donors (Lipinski definition) is 2. The van der Waals surface area contributed by atoms with E-state index in [-0.39, 0.29) is 11.6 Å². The number of aromatic nitrogens is 2. The van der Waals surface area contributed by atoms with Gasteiger partial charge in [-0.2, -0.15) is 0 Å². The molecule has 0 saturated carbocycles. The highest BCUT2D eigenvalue weighted by atomic mass is 16.1. The lowest BCUT2D eigenvalue weighted by Gasteiger charge is -2.29. The summed E-state index contributed by atoms with van der Waals surface area (Å²) in [6.45, 7) is 14.4. The minimum Gasteiger partial charge on any atom is -0.378 e. The average molecular weight is 774 g/mol. The first-order chi connectivity index (χ1) is 28.0. The van der Waals surface area contributed by atoms with Crippen LogP contribution in [0.5, 0.6) is 0 Å². The van der Waals surface area contributed by atoms with E-state index in [4.69, 9.17) is 0 Å². The van der Waals surface area contributed by atoms with Crippen LogP contribution in [0, 0.1) is 5.92 Å². The highest BCUT2D eigenvalue weighted by Gasteiger charge is 2.20. The number of benzene rings is 4. The first-order valence-electron chi connectivity index (χ1n) is 21.0. The fourth-order valence-electron chi connectivity index (χ4n) is 8.26. The van der Waals surface area contributed by atoms with Crippen LogP contribution in [0.15, 0.2) is 116 Å². The molecule has 6 aromatic rings. The second kappa shape index (κ2) is 18.4. The van der Waals surface area contributed by atoms with Crippen LogP contribution in [0.4, 0.5) is 5.69 Å². The maximum atomic E-state index is 13.1. The van der Waals surface area contributed by atoms with Gasteiger partial charge in [0.1, 0.15) is 0 Å². The van der Waals surface area contributed by atoms with Crippen LogP contribution in [0.2, 0.25) is 0 Å². The van der Waals surface area contributed by atoms with Crippen LogP contribution in [-0.2, 0) is 6.42 Å². The number of anilines is 1. The lowest BCUT2D eigenvalue weighted by Crippen LogP contribution is -2.34. The number of carbonyl (C=O) groups is 2. The van der Waals surface area contributed by atoms with E-state index >= 15 is 0 Å². The zero-order valence-corrected chi connectivity index (χ0v) is 35.1.